The van der Waals surface area contributed by atoms with Crippen LogP contribution in [0, 0.1) is 5.82 Å². The molecule has 8 heteroatoms. The Morgan fingerprint density at radius 2 is 2.00 bits per heavy atom. The van der Waals surface area contributed by atoms with Crippen LogP contribution in [-0.2, 0) is 11.5 Å². The van der Waals surface area contributed by atoms with Crippen LogP contribution in [-0.4, -0.2) is 16.9 Å². The van der Waals surface area contributed by atoms with E-state index in [4.69, 9.17) is 4.74 Å². The Morgan fingerprint density at radius 1 is 1.30 bits per heavy atom. The van der Waals surface area contributed by atoms with Gasteiger partial charge in [0.15, 0.2) is 5.69 Å². The fourth-order valence-corrected chi connectivity index (χ4v) is 1.97. The summed E-state index contributed by atoms with van der Waals surface area (Å²) in [6.45, 7) is 0. The van der Waals surface area contributed by atoms with Gasteiger partial charge >= 0.3 is 6.18 Å². The lowest BCUT2D eigenvalue weighted by Crippen LogP contribution is -2.08. The molecule has 2 rings (SSSR count). The average Bonchev–Trinajstić information content (AvgIpc) is 2.82. The van der Waals surface area contributed by atoms with Gasteiger partial charge in [-0.3, -0.25) is 0 Å². The van der Waals surface area contributed by atoms with Crippen molar-refractivity contribution in [3.05, 3.63) is 41.3 Å². The molecule has 2 aromatic rings. The molecule has 0 radical (unpaired) electrons. The number of hydrogen-bond acceptors (Lipinski definition) is 2. The fourth-order valence-electron chi connectivity index (χ4n) is 1.63. The summed E-state index contributed by atoms with van der Waals surface area (Å²) in [5.41, 5.74) is -0.589. The second kappa shape index (κ2) is 5.43. The molecular formula is C12H9BrF4N2O. The first-order valence-electron chi connectivity index (χ1n) is 5.43. The van der Waals surface area contributed by atoms with Gasteiger partial charge in [0, 0.05) is 11.4 Å². The van der Waals surface area contributed by atoms with E-state index in [0.29, 0.717) is 10.9 Å². The number of ether oxygens (including phenoxy) is 1. The maximum Gasteiger partial charge on any atom is 0.435 e. The Hall–Kier alpha value is -1.57. The lowest BCUT2D eigenvalue weighted by atomic mass is 10.2. The molecule has 0 aliphatic carbocycles. The minimum atomic E-state index is -4.62. The van der Waals surface area contributed by atoms with Crippen LogP contribution in [0.5, 0.6) is 5.88 Å². The van der Waals surface area contributed by atoms with E-state index in [-0.39, 0.29) is 11.6 Å². The maximum absolute atomic E-state index is 13.9. The van der Waals surface area contributed by atoms with Crippen molar-refractivity contribution in [3.8, 4) is 11.6 Å². The third-order valence-corrected chi connectivity index (χ3v) is 3.22. The lowest BCUT2D eigenvalue weighted by molar-refractivity contribution is -0.141. The number of benzene rings is 1. The van der Waals surface area contributed by atoms with Crippen LogP contribution in [0.2, 0.25) is 0 Å². The highest BCUT2D eigenvalue weighted by atomic mass is 79.9. The molecule has 0 aliphatic rings. The van der Waals surface area contributed by atoms with E-state index >= 15 is 0 Å². The SMILES string of the molecule is COc1cc(C(F)(F)F)nn1-c1ccc(CBr)cc1F. The van der Waals surface area contributed by atoms with Gasteiger partial charge in [0.05, 0.1) is 7.11 Å². The first-order chi connectivity index (χ1) is 9.36. The highest BCUT2D eigenvalue weighted by Crippen LogP contribution is 2.32. The van der Waals surface area contributed by atoms with Gasteiger partial charge in [0.25, 0.3) is 0 Å². The van der Waals surface area contributed by atoms with Gasteiger partial charge in [-0.05, 0) is 17.7 Å². The third-order valence-electron chi connectivity index (χ3n) is 2.57. The van der Waals surface area contributed by atoms with Gasteiger partial charge < -0.3 is 4.74 Å². The van der Waals surface area contributed by atoms with Crippen LogP contribution >= 0.6 is 15.9 Å². The minimum absolute atomic E-state index is 0.109. The van der Waals surface area contributed by atoms with Crippen molar-refractivity contribution < 1.29 is 22.3 Å². The summed E-state index contributed by atoms with van der Waals surface area (Å²) >= 11 is 3.17. The largest absolute Gasteiger partial charge is 0.481 e. The molecule has 1 aromatic heterocycles. The summed E-state index contributed by atoms with van der Waals surface area (Å²) in [5.74, 6) is -0.875. The standard InChI is InChI=1S/C12H9BrF4N2O/c1-20-11-5-10(12(15,16)17)18-19(11)9-3-2-7(6-13)4-8(9)14/h2-5H,6H2,1H3. The molecule has 0 saturated carbocycles. The van der Waals surface area contributed by atoms with Gasteiger partial charge in [-0.15, -0.1) is 0 Å². The number of nitrogens with zero attached hydrogens (tertiary/aromatic N) is 2. The summed E-state index contributed by atoms with van der Waals surface area (Å²) in [7, 11) is 1.19. The van der Waals surface area contributed by atoms with E-state index in [9.17, 15) is 17.6 Å². The highest BCUT2D eigenvalue weighted by Gasteiger charge is 2.35. The molecule has 20 heavy (non-hydrogen) atoms. The predicted octanol–water partition coefficient (Wildman–Crippen LogP) is 3.93. The molecule has 0 spiro atoms. The second-order valence-electron chi connectivity index (χ2n) is 3.90. The molecule has 1 heterocycles. The van der Waals surface area contributed by atoms with Crippen LogP contribution in [0.4, 0.5) is 17.6 Å². The van der Waals surface area contributed by atoms with Crippen molar-refractivity contribution >= 4 is 15.9 Å². The van der Waals surface area contributed by atoms with Crippen molar-refractivity contribution in [1.29, 1.82) is 0 Å². The molecule has 0 N–H and O–H groups in total. The van der Waals surface area contributed by atoms with Crippen molar-refractivity contribution in [2.75, 3.05) is 7.11 Å². The number of alkyl halides is 4. The molecule has 0 amide bonds. The smallest absolute Gasteiger partial charge is 0.435 e. The van der Waals surface area contributed by atoms with Gasteiger partial charge in [0.2, 0.25) is 5.88 Å². The van der Waals surface area contributed by atoms with Crippen molar-refractivity contribution in [1.82, 2.24) is 9.78 Å². The van der Waals surface area contributed by atoms with Gasteiger partial charge in [-0.25, -0.2) is 4.39 Å². The first kappa shape index (κ1) is 14.8. The van der Waals surface area contributed by atoms with Crippen molar-refractivity contribution in [3.63, 3.8) is 0 Å². The average molecular weight is 353 g/mol. The van der Waals surface area contributed by atoms with E-state index in [0.717, 1.165) is 10.7 Å². The molecule has 0 saturated heterocycles. The molecule has 1 aromatic carbocycles. The maximum atomic E-state index is 13.9. The Bertz CT molecular complexity index is 624. The number of rotatable bonds is 3. The first-order valence-corrected chi connectivity index (χ1v) is 6.55. The zero-order valence-corrected chi connectivity index (χ0v) is 11.8. The fraction of sp³-hybridized carbons (Fsp3) is 0.250. The Kier molecular flexibility index (Phi) is 4.03. The lowest BCUT2D eigenvalue weighted by Gasteiger charge is -2.08. The Balaban J connectivity index is 2.54. The van der Waals surface area contributed by atoms with Gasteiger partial charge in [-0.2, -0.15) is 23.0 Å². The van der Waals surface area contributed by atoms with E-state index in [1.165, 1.54) is 19.2 Å². The summed E-state index contributed by atoms with van der Waals surface area (Å²) in [6, 6.07) is 4.87. The summed E-state index contributed by atoms with van der Waals surface area (Å²) in [4.78, 5) is 0. The zero-order valence-electron chi connectivity index (χ0n) is 10.2. The third kappa shape index (κ3) is 2.79. The molecule has 0 atom stereocenters. The number of hydrogen-bond donors (Lipinski definition) is 0. The van der Waals surface area contributed by atoms with E-state index in [2.05, 4.69) is 21.0 Å². The Morgan fingerprint density at radius 3 is 2.50 bits per heavy atom. The van der Waals surface area contributed by atoms with Crippen LogP contribution in [0.15, 0.2) is 24.3 Å². The van der Waals surface area contributed by atoms with Crippen LogP contribution < -0.4 is 4.74 Å². The Labute approximate surface area is 120 Å². The van der Waals surface area contributed by atoms with Crippen molar-refractivity contribution in [2.24, 2.45) is 0 Å². The number of methoxy groups -OCH3 is 1. The molecule has 108 valence electrons. The topological polar surface area (TPSA) is 27.1 Å². The van der Waals surface area contributed by atoms with Crippen LogP contribution in [0.1, 0.15) is 11.3 Å². The molecule has 0 aliphatic heterocycles. The predicted molar refractivity (Wildman–Crippen MR) is 67.7 cm³/mol. The van der Waals surface area contributed by atoms with Gasteiger partial charge in [-0.1, -0.05) is 22.0 Å². The van der Waals surface area contributed by atoms with Crippen LogP contribution in [0.25, 0.3) is 5.69 Å². The summed E-state index contributed by atoms with van der Waals surface area (Å²) < 4.78 is 57.4. The summed E-state index contributed by atoms with van der Waals surface area (Å²) in [6.07, 6.45) is -4.62. The second-order valence-corrected chi connectivity index (χ2v) is 4.46. The van der Waals surface area contributed by atoms with E-state index in [1.54, 1.807) is 6.07 Å². The van der Waals surface area contributed by atoms with Crippen molar-refractivity contribution in [2.45, 2.75) is 11.5 Å². The molecule has 3 nitrogen and oxygen atoms in total. The zero-order chi connectivity index (χ0) is 14.9. The molecular weight excluding hydrogens is 344 g/mol. The van der Waals surface area contributed by atoms with Gasteiger partial charge in [0.1, 0.15) is 11.5 Å². The highest BCUT2D eigenvalue weighted by molar-refractivity contribution is 9.08. The minimum Gasteiger partial charge on any atom is -0.481 e. The number of aromatic nitrogens is 2. The normalized spacial score (nSPS) is 11.7. The summed E-state index contributed by atoms with van der Waals surface area (Å²) in [5, 5.41) is 3.79. The molecule has 0 unspecified atom stereocenters. The molecule has 0 fully saturated rings. The van der Waals surface area contributed by atoms with E-state index in [1.807, 2.05) is 0 Å². The van der Waals surface area contributed by atoms with Crippen LogP contribution in [0.3, 0.4) is 0 Å². The monoisotopic (exact) mass is 352 g/mol. The molecule has 0 bridgehead atoms. The van der Waals surface area contributed by atoms with E-state index < -0.39 is 17.7 Å². The number of halogens is 5. The quantitative estimate of drug-likeness (QED) is 0.618.